The maximum absolute atomic E-state index is 13.1. The number of rotatable bonds is 2. The summed E-state index contributed by atoms with van der Waals surface area (Å²) in [6.07, 6.45) is 1.98. The van der Waals surface area contributed by atoms with E-state index in [1.807, 2.05) is 56.9 Å². The number of benzene rings is 1. The zero-order valence-corrected chi connectivity index (χ0v) is 16.0. The molecule has 0 bridgehead atoms. The number of nitrogens with zero attached hydrogens (tertiary/aromatic N) is 1. The van der Waals surface area contributed by atoms with Crippen LogP contribution in [0.25, 0.3) is 0 Å². The average Bonchev–Trinajstić information content (AvgIpc) is 2.93. The van der Waals surface area contributed by atoms with E-state index in [4.69, 9.17) is 0 Å². The number of carbonyl (C=O) groups excluding carboxylic acids is 2. The third-order valence-corrected chi connectivity index (χ3v) is 5.53. The molecule has 0 unspecified atom stereocenters. The van der Waals surface area contributed by atoms with E-state index < -0.39 is 5.41 Å². The summed E-state index contributed by atoms with van der Waals surface area (Å²) in [5.41, 5.74) is 2.67. The first-order valence-electron chi connectivity index (χ1n) is 8.59. The summed E-state index contributed by atoms with van der Waals surface area (Å²) >= 11 is 1.36. The molecule has 0 radical (unpaired) electrons. The van der Waals surface area contributed by atoms with Crippen molar-refractivity contribution in [1.29, 1.82) is 0 Å². The Morgan fingerprint density at radius 1 is 1.20 bits per heavy atom. The van der Waals surface area contributed by atoms with Crippen molar-refractivity contribution in [2.75, 3.05) is 16.8 Å². The molecule has 2 heterocycles. The second kappa shape index (κ2) is 6.64. The summed E-state index contributed by atoms with van der Waals surface area (Å²) < 4.78 is 0. The zero-order chi connectivity index (χ0) is 18.2. The van der Waals surface area contributed by atoms with E-state index in [1.54, 1.807) is 0 Å². The summed E-state index contributed by atoms with van der Waals surface area (Å²) in [7, 11) is 0. The monoisotopic (exact) mass is 356 g/mol. The number of nitrogens with one attached hydrogen (secondary N) is 1. The van der Waals surface area contributed by atoms with E-state index in [9.17, 15) is 9.59 Å². The van der Waals surface area contributed by atoms with E-state index in [-0.39, 0.29) is 11.8 Å². The lowest BCUT2D eigenvalue weighted by Crippen LogP contribution is -2.35. The van der Waals surface area contributed by atoms with Gasteiger partial charge in [0.2, 0.25) is 5.91 Å². The Kier molecular flexibility index (Phi) is 4.69. The van der Waals surface area contributed by atoms with Crippen molar-refractivity contribution < 1.29 is 9.59 Å². The summed E-state index contributed by atoms with van der Waals surface area (Å²) in [5, 5.41) is 3.66. The van der Waals surface area contributed by atoms with Gasteiger partial charge >= 0.3 is 0 Å². The van der Waals surface area contributed by atoms with Crippen LogP contribution < -0.4 is 10.2 Å². The van der Waals surface area contributed by atoms with Gasteiger partial charge in [-0.15, -0.1) is 11.3 Å². The minimum atomic E-state index is -0.464. The number of aryl methyl sites for hydroxylation is 2. The highest BCUT2D eigenvalue weighted by Crippen LogP contribution is 2.33. The van der Waals surface area contributed by atoms with Gasteiger partial charge in [-0.3, -0.25) is 9.59 Å². The first kappa shape index (κ1) is 17.7. The molecule has 2 aromatic rings. The predicted molar refractivity (Wildman–Crippen MR) is 104 cm³/mol. The SMILES string of the molecule is Cc1cc(NC(=O)C(C)(C)C)sc1C(=O)N1CCCc2ccccc21. The molecule has 132 valence electrons. The van der Waals surface area contributed by atoms with E-state index in [1.165, 1.54) is 16.9 Å². The first-order chi connectivity index (χ1) is 11.8. The van der Waals surface area contributed by atoms with Gasteiger partial charge < -0.3 is 10.2 Å². The Morgan fingerprint density at radius 3 is 2.64 bits per heavy atom. The molecule has 0 spiro atoms. The molecule has 1 aromatic carbocycles. The number of thiophene rings is 1. The van der Waals surface area contributed by atoms with Crippen LogP contribution >= 0.6 is 11.3 Å². The van der Waals surface area contributed by atoms with Gasteiger partial charge in [-0.1, -0.05) is 39.0 Å². The topological polar surface area (TPSA) is 49.4 Å². The van der Waals surface area contributed by atoms with Gasteiger partial charge in [0.05, 0.1) is 9.88 Å². The largest absolute Gasteiger partial charge is 0.317 e. The molecule has 0 fully saturated rings. The molecule has 2 amide bonds. The number of hydrogen-bond acceptors (Lipinski definition) is 3. The van der Waals surface area contributed by atoms with Crippen LogP contribution in [0.3, 0.4) is 0 Å². The molecule has 1 N–H and O–H groups in total. The van der Waals surface area contributed by atoms with Gasteiger partial charge in [0.15, 0.2) is 0 Å². The Labute approximate surface area is 152 Å². The standard InChI is InChI=1S/C20H24N2O2S/c1-13-12-16(21-19(24)20(2,3)4)25-17(13)18(23)22-11-7-9-14-8-5-6-10-15(14)22/h5-6,8,10,12H,7,9,11H2,1-4H3,(H,21,24). The number of amides is 2. The molecular formula is C20H24N2O2S. The van der Waals surface area contributed by atoms with Crippen LogP contribution in [0.4, 0.5) is 10.7 Å². The van der Waals surface area contributed by atoms with Crippen molar-refractivity contribution in [3.05, 3.63) is 46.3 Å². The van der Waals surface area contributed by atoms with Gasteiger partial charge in [-0.05, 0) is 43.0 Å². The molecule has 1 aliphatic heterocycles. The fourth-order valence-electron chi connectivity index (χ4n) is 2.92. The summed E-state index contributed by atoms with van der Waals surface area (Å²) in [5.74, 6) is -0.0259. The minimum Gasteiger partial charge on any atom is -0.317 e. The lowest BCUT2D eigenvalue weighted by Gasteiger charge is -2.29. The zero-order valence-electron chi connectivity index (χ0n) is 15.2. The molecule has 4 nitrogen and oxygen atoms in total. The fraction of sp³-hybridized carbons (Fsp3) is 0.400. The van der Waals surface area contributed by atoms with Gasteiger partial charge in [0, 0.05) is 17.6 Å². The maximum atomic E-state index is 13.1. The van der Waals surface area contributed by atoms with E-state index >= 15 is 0 Å². The summed E-state index contributed by atoms with van der Waals surface area (Å²) in [4.78, 5) is 27.9. The Hall–Kier alpha value is -2.14. The predicted octanol–water partition coefficient (Wildman–Crippen LogP) is 4.63. The van der Waals surface area contributed by atoms with Crippen molar-refractivity contribution in [2.45, 2.75) is 40.5 Å². The molecule has 1 aromatic heterocycles. The number of anilines is 2. The maximum Gasteiger partial charge on any atom is 0.268 e. The Bertz CT molecular complexity index is 817. The molecule has 5 heteroatoms. The second-order valence-electron chi connectivity index (χ2n) is 7.52. The van der Waals surface area contributed by atoms with Crippen LogP contribution in [0.5, 0.6) is 0 Å². The highest BCUT2D eigenvalue weighted by Gasteiger charge is 2.27. The van der Waals surface area contributed by atoms with Crippen molar-refractivity contribution in [2.24, 2.45) is 5.41 Å². The second-order valence-corrected chi connectivity index (χ2v) is 8.57. The van der Waals surface area contributed by atoms with Gasteiger partial charge in [-0.25, -0.2) is 0 Å². The third-order valence-electron chi connectivity index (χ3n) is 4.39. The first-order valence-corrected chi connectivity index (χ1v) is 9.40. The number of para-hydroxylation sites is 1. The molecular weight excluding hydrogens is 332 g/mol. The van der Waals surface area contributed by atoms with Crippen molar-refractivity contribution >= 4 is 33.8 Å². The van der Waals surface area contributed by atoms with Crippen LogP contribution in [0.1, 0.15) is 48.0 Å². The lowest BCUT2D eigenvalue weighted by molar-refractivity contribution is -0.123. The van der Waals surface area contributed by atoms with E-state index in [2.05, 4.69) is 11.4 Å². The molecule has 0 aliphatic carbocycles. The number of hydrogen-bond donors (Lipinski definition) is 1. The van der Waals surface area contributed by atoms with Gasteiger partial charge in [0.1, 0.15) is 0 Å². The molecule has 0 saturated heterocycles. The number of carbonyl (C=O) groups is 2. The number of fused-ring (bicyclic) bond motifs is 1. The van der Waals surface area contributed by atoms with Crippen molar-refractivity contribution in [1.82, 2.24) is 0 Å². The highest BCUT2D eigenvalue weighted by atomic mass is 32.1. The average molecular weight is 356 g/mol. The third kappa shape index (κ3) is 3.61. The molecule has 25 heavy (non-hydrogen) atoms. The smallest absolute Gasteiger partial charge is 0.268 e. The highest BCUT2D eigenvalue weighted by molar-refractivity contribution is 7.18. The Balaban J connectivity index is 1.86. The van der Waals surface area contributed by atoms with Gasteiger partial charge in [0.25, 0.3) is 5.91 Å². The van der Waals surface area contributed by atoms with Crippen LogP contribution in [-0.4, -0.2) is 18.4 Å². The van der Waals surface area contributed by atoms with E-state index in [0.717, 1.165) is 35.6 Å². The lowest BCUT2D eigenvalue weighted by atomic mass is 9.96. The molecule has 0 saturated carbocycles. The van der Waals surface area contributed by atoms with Crippen LogP contribution in [0, 0.1) is 12.3 Å². The minimum absolute atomic E-state index is 0.0194. The van der Waals surface area contributed by atoms with Crippen LogP contribution in [-0.2, 0) is 11.2 Å². The Morgan fingerprint density at radius 2 is 1.92 bits per heavy atom. The van der Waals surface area contributed by atoms with Crippen molar-refractivity contribution in [3.8, 4) is 0 Å². The quantitative estimate of drug-likeness (QED) is 0.852. The van der Waals surface area contributed by atoms with Crippen LogP contribution in [0.15, 0.2) is 30.3 Å². The molecule has 0 atom stereocenters. The van der Waals surface area contributed by atoms with E-state index in [0.29, 0.717) is 4.88 Å². The summed E-state index contributed by atoms with van der Waals surface area (Å²) in [6.45, 7) is 8.28. The van der Waals surface area contributed by atoms with Gasteiger partial charge in [-0.2, -0.15) is 0 Å². The summed E-state index contributed by atoms with van der Waals surface area (Å²) in [6, 6.07) is 9.98. The molecule has 1 aliphatic rings. The van der Waals surface area contributed by atoms with Crippen LogP contribution in [0.2, 0.25) is 0 Å². The fourth-order valence-corrected chi connectivity index (χ4v) is 3.94. The van der Waals surface area contributed by atoms with Crippen molar-refractivity contribution in [3.63, 3.8) is 0 Å². The molecule has 3 rings (SSSR count). The normalized spacial score (nSPS) is 14.2.